The van der Waals surface area contributed by atoms with Crippen LogP contribution >= 0.6 is 11.8 Å². The molecule has 5 heteroatoms. The van der Waals surface area contributed by atoms with E-state index >= 15 is 0 Å². The summed E-state index contributed by atoms with van der Waals surface area (Å²) in [6, 6.07) is 6.98. The summed E-state index contributed by atoms with van der Waals surface area (Å²) in [6.45, 7) is 0.840. The minimum atomic E-state index is -0.225. The lowest BCUT2D eigenvalue weighted by atomic mass is 10.2. The van der Waals surface area contributed by atoms with E-state index in [0.717, 1.165) is 17.8 Å². The zero-order chi connectivity index (χ0) is 13.1. The summed E-state index contributed by atoms with van der Waals surface area (Å²) in [6.07, 6.45) is 5.09. The minimum Gasteiger partial charge on any atom is -0.309 e. The summed E-state index contributed by atoms with van der Waals surface area (Å²) in [7, 11) is 0. The number of halogens is 1. The maximum Gasteiger partial charge on any atom is 0.123 e. The lowest BCUT2D eigenvalue weighted by Gasteiger charge is -2.09. The Kier molecular flexibility index (Phi) is 3.84. The van der Waals surface area contributed by atoms with Gasteiger partial charge in [-0.2, -0.15) is 16.9 Å². The average molecular weight is 277 g/mol. The second-order valence-electron chi connectivity index (χ2n) is 4.71. The average Bonchev–Trinajstić information content (AvgIpc) is 3.09. The Labute approximate surface area is 116 Å². The fourth-order valence-electron chi connectivity index (χ4n) is 2.14. The van der Waals surface area contributed by atoms with Crippen molar-refractivity contribution in [1.29, 1.82) is 0 Å². The SMILES string of the molecule is Fc1ccc(-n2cc(CN[C@@H]3CCSC3)cn2)cc1. The molecule has 1 atom stereocenters. The van der Waals surface area contributed by atoms with Crippen molar-refractivity contribution in [2.75, 3.05) is 11.5 Å². The van der Waals surface area contributed by atoms with Gasteiger partial charge in [-0.25, -0.2) is 9.07 Å². The van der Waals surface area contributed by atoms with Crippen LogP contribution in [0.15, 0.2) is 36.7 Å². The highest BCUT2D eigenvalue weighted by Crippen LogP contribution is 2.17. The van der Waals surface area contributed by atoms with Gasteiger partial charge < -0.3 is 5.32 Å². The predicted octanol–water partition coefficient (Wildman–Crippen LogP) is 2.61. The van der Waals surface area contributed by atoms with Crippen molar-refractivity contribution < 1.29 is 4.39 Å². The molecule has 1 fully saturated rings. The molecule has 1 aromatic heterocycles. The van der Waals surface area contributed by atoms with E-state index in [4.69, 9.17) is 0 Å². The zero-order valence-corrected chi connectivity index (χ0v) is 11.4. The van der Waals surface area contributed by atoms with Gasteiger partial charge in [0.25, 0.3) is 0 Å². The summed E-state index contributed by atoms with van der Waals surface area (Å²) in [5, 5.41) is 7.85. The van der Waals surface area contributed by atoms with Crippen LogP contribution in [0.25, 0.3) is 5.69 Å². The molecule has 0 saturated carbocycles. The molecule has 1 saturated heterocycles. The first-order valence-corrected chi connectivity index (χ1v) is 7.57. The van der Waals surface area contributed by atoms with Crippen LogP contribution in [-0.4, -0.2) is 27.3 Å². The molecule has 1 N–H and O–H groups in total. The first-order chi connectivity index (χ1) is 9.31. The van der Waals surface area contributed by atoms with E-state index in [0.29, 0.717) is 6.04 Å². The lowest BCUT2D eigenvalue weighted by molar-refractivity contribution is 0.558. The molecular formula is C14H16FN3S. The van der Waals surface area contributed by atoms with E-state index < -0.39 is 0 Å². The van der Waals surface area contributed by atoms with Crippen LogP contribution in [-0.2, 0) is 6.54 Å². The second kappa shape index (κ2) is 5.75. The van der Waals surface area contributed by atoms with Crippen molar-refractivity contribution in [3.05, 3.63) is 48.0 Å². The smallest absolute Gasteiger partial charge is 0.123 e. The number of nitrogens with zero attached hydrogens (tertiary/aromatic N) is 2. The molecule has 1 aromatic carbocycles. The van der Waals surface area contributed by atoms with Crippen LogP contribution < -0.4 is 5.32 Å². The van der Waals surface area contributed by atoms with Crippen LogP contribution in [0.4, 0.5) is 4.39 Å². The van der Waals surface area contributed by atoms with E-state index in [-0.39, 0.29) is 5.82 Å². The maximum absolute atomic E-state index is 12.9. The summed E-state index contributed by atoms with van der Waals surface area (Å²) >= 11 is 2.00. The maximum atomic E-state index is 12.9. The second-order valence-corrected chi connectivity index (χ2v) is 5.86. The predicted molar refractivity (Wildman–Crippen MR) is 76.1 cm³/mol. The Bertz CT molecular complexity index is 532. The van der Waals surface area contributed by atoms with Gasteiger partial charge in [-0.3, -0.25) is 0 Å². The Morgan fingerprint density at radius 2 is 2.21 bits per heavy atom. The lowest BCUT2D eigenvalue weighted by Crippen LogP contribution is -2.27. The molecule has 0 bridgehead atoms. The molecule has 1 aliphatic heterocycles. The quantitative estimate of drug-likeness (QED) is 0.931. The summed E-state index contributed by atoms with van der Waals surface area (Å²) in [4.78, 5) is 0. The van der Waals surface area contributed by atoms with E-state index in [1.165, 1.54) is 30.1 Å². The van der Waals surface area contributed by atoms with E-state index in [1.807, 2.05) is 24.2 Å². The zero-order valence-electron chi connectivity index (χ0n) is 10.6. The highest BCUT2D eigenvalue weighted by molar-refractivity contribution is 7.99. The third-order valence-corrected chi connectivity index (χ3v) is 4.41. The molecule has 0 spiro atoms. The number of thioether (sulfide) groups is 1. The molecule has 2 heterocycles. The fourth-order valence-corrected chi connectivity index (χ4v) is 3.33. The number of aromatic nitrogens is 2. The number of rotatable bonds is 4. The molecule has 3 nitrogen and oxygen atoms in total. The molecule has 2 aromatic rings. The van der Waals surface area contributed by atoms with Crippen LogP contribution in [0.5, 0.6) is 0 Å². The molecule has 1 aliphatic rings. The van der Waals surface area contributed by atoms with Crippen LogP contribution in [0, 0.1) is 5.82 Å². The summed E-state index contributed by atoms with van der Waals surface area (Å²) < 4.78 is 14.6. The van der Waals surface area contributed by atoms with Gasteiger partial charge in [0.2, 0.25) is 0 Å². The van der Waals surface area contributed by atoms with Gasteiger partial charge in [-0.15, -0.1) is 0 Å². The van der Waals surface area contributed by atoms with Crippen molar-refractivity contribution in [2.45, 2.75) is 19.0 Å². The van der Waals surface area contributed by atoms with Gasteiger partial charge >= 0.3 is 0 Å². The highest BCUT2D eigenvalue weighted by Gasteiger charge is 2.14. The van der Waals surface area contributed by atoms with Crippen LogP contribution in [0.1, 0.15) is 12.0 Å². The van der Waals surface area contributed by atoms with Crippen LogP contribution in [0.3, 0.4) is 0 Å². The number of hydrogen-bond acceptors (Lipinski definition) is 3. The van der Waals surface area contributed by atoms with Gasteiger partial charge in [0.1, 0.15) is 5.82 Å². The molecule has 0 radical (unpaired) electrons. The van der Waals surface area contributed by atoms with E-state index in [1.54, 1.807) is 16.8 Å². The highest BCUT2D eigenvalue weighted by atomic mass is 32.2. The molecule has 0 unspecified atom stereocenters. The molecule has 0 amide bonds. The Balaban J connectivity index is 1.63. The first-order valence-electron chi connectivity index (χ1n) is 6.42. The first kappa shape index (κ1) is 12.7. The van der Waals surface area contributed by atoms with Gasteiger partial charge in [0, 0.05) is 30.1 Å². The Morgan fingerprint density at radius 3 is 2.95 bits per heavy atom. The van der Waals surface area contributed by atoms with E-state index in [2.05, 4.69) is 10.4 Å². The van der Waals surface area contributed by atoms with E-state index in [9.17, 15) is 4.39 Å². The third kappa shape index (κ3) is 3.16. The van der Waals surface area contributed by atoms with Gasteiger partial charge in [-0.1, -0.05) is 0 Å². The number of hydrogen-bond donors (Lipinski definition) is 1. The van der Waals surface area contributed by atoms with Crippen molar-refractivity contribution in [2.24, 2.45) is 0 Å². The number of nitrogens with one attached hydrogen (secondary N) is 1. The topological polar surface area (TPSA) is 29.9 Å². The standard InChI is InChI=1S/C14H16FN3S/c15-12-1-3-14(4-2-12)18-9-11(8-17-18)7-16-13-5-6-19-10-13/h1-4,8-9,13,16H,5-7,10H2/t13-/m1/s1. The monoisotopic (exact) mass is 277 g/mol. The molecule has 19 heavy (non-hydrogen) atoms. The van der Waals surface area contributed by atoms with Gasteiger partial charge in [0.15, 0.2) is 0 Å². The van der Waals surface area contributed by atoms with Crippen LogP contribution in [0.2, 0.25) is 0 Å². The van der Waals surface area contributed by atoms with Crippen molar-refractivity contribution in [3.63, 3.8) is 0 Å². The Hall–Kier alpha value is -1.33. The number of benzene rings is 1. The molecule has 3 rings (SSSR count). The fraction of sp³-hybridized carbons (Fsp3) is 0.357. The minimum absolute atomic E-state index is 0.225. The molecule has 0 aliphatic carbocycles. The summed E-state index contributed by atoms with van der Waals surface area (Å²) in [5.41, 5.74) is 2.03. The molecular weight excluding hydrogens is 261 g/mol. The van der Waals surface area contributed by atoms with Crippen molar-refractivity contribution in [3.8, 4) is 5.69 Å². The largest absolute Gasteiger partial charge is 0.309 e. The van der Waals surface area contributed by atoms with Gasteiger partial charge in [-0.05, 0) is 36.4 Å². The Morgan fingerprint density at radius 1 is 1.37 bits per heavy atom. The van der Waals surface area contributed by atoms with Gasteiger partial charge in [0.05, 0.1) is 11.9 Å². The van der Waals surface area contributed by atoms with Crippen molar-refractivity contribution in [1.82, 2.24) is 15.1 Å². The van der Waals surface area contributed by atoms with Crippen molar-refractivity contribution >= 4 is 11.8 Å². The summed E-state index contributed by atoms with van der Waals surface area (Å²) in [5.74, 6) is 2.23. The normalized spacial score (nSPS) is 18.9. The molecule has 100 valence electrons. The third-order valence-electron chi connectivity index (χ3n) is 3.25.